The monoisotopic (exact) mass is 262 g/mol. The fraction of sp³-hybridized carbons (Fsp3) is 0.0714. The van der Waals surface area contributed by atoms with Gasteiger partial charge in [0.25, 0.3) is 0 Å². The average molecular weight is 262 g/mol. The highest BCUT2D eigenvalue weighted by Gasteiger charge is 2.08. The lowest BCUT2D eigenvalue weighted by atomic mass is 10.1. The number of nitrogens with one attached hydrogen (secondary N) is 1. The fourth-order valence-electron chi connectivity index (χ4n) is 1.57. The van der Waals surface area contributed by atoms with Crippen LogP contribution >= 0.6 is 0 Å². The Balaban J connectivity index is 2.01. The third kappa shape index (κ3) is 3.28. The van der Waals surface area contributed by atoms with Gasteiger partial charge in [0.1, 0.15) is 11.6 Å². The molecule has 0 aliphatic rings. The Labute approximate surface area is 109 Å². The van der Waals surface area contributed by atoms with Crippen molar-refractivity contribution in [1.29, 1.82) is 0 Å². The van der Waals surface area contributed by atoms with Crippen LogP contribution in [0.3, 0.4) is 0 Å². The van der Waals surface area contributed by atoms with Crippen LogP contribution in [0.2, 0.25) is 0 Å². The normalized spacial score (nSPS) is 10.2. The Hall–Kier alpha value is -2.43. The molecule has 0 saturated carbocycles. The van der Waals surface area contributed by atoms with Crippen molar-refractivity contribution in [3.63, 3.8) is 0 Å². The Bertz CT molecular complexity index is 597. The molecule has 2 aromatic rings. The van der Waals surface area contributed by atoms with E-state index in [0.29, 0.717) is 11.3 Å². The zero-order valence-electron chi connectivity index (χ0n) is 9.99. The van der Waals surface area contributed by atoms with E-state index >= 15 is 0 Å². The van der Waals surface area contributed by atoms with E-state index in [1.54, 1.807) is 0 Å². The first kappa shape index (κ1) is 13.0. The molecule has 0 amide bonds. The second-order valence-corrected chi connectivity index (χ2v) is 4.02. The van der Waals surface area contributed by atoms with Crippen LogP contribution in [0.1, 0.15) is 10.4 Å². The van der Waals surface area contributed by atoms with E-state index in [4.69, 9.17) is 5.73 Å². The summed E-state index contributed by atoms with van der Waals surface area (Å²) in [6.07, 6.45) is 0. The van der Waals surface area contributed by atoms with Crippen LogP contribution in [-0.2, 0) is 0 Å². The molecule has 0 aliphatic carbocycles. The largest absolute Gasteiger partial charge is 0.396 e. The zero-order chi connectivity index (χ0) is 13.8. The number of rotatable bonds is 4. The maximum atomic E-state index is 13.0. The fourth-order valence-corrected chi connectivity index (χ4v) is 1.57. The van der Waals surface area contributed by atoms with Crippen molar-refractivity contribution in [2.45, 2.75) is 0 Å². The minimum Gasteiger partial charge on any atom is -0.396 e. The summed E-state index contributed by atoms with van der Waals surface area (Å²) < 4.78 is 25.7. The second-order valence-electron chi connectivity index (χ2n) is 4.02. The number of halogens is 2. The lowest BCUT2D eigenvalue weighted by Gasteiger charge is -2.06. The molecule has 0 unspecified atom stereocenters. The summed E-state index contributed by atoms with van der Waals surface area (Å²) in [5.74, 6) is -1.12. The van der Waals surface area contributed by atoms with Crippen molar-refractivity contribution < 1.29 is 13.6 Å². The number of carbonyl (C=O) groups is 1. The van der Waals surface area contributed by atoms with Crippen LogP contribution in [0.5, 0.6) is 0 Å². The maximum absolute atomic E-state index is 13.0. The number of nitrogens with two attached hydrogens (primary N) is 1. The molecule has 0 bridgehead atoms. The van der Waals surface area contributed by atoms with Crippen LogP contribution in [0, 0.1) is 11.6 Å². The number of hydrogen-bond acceptors (Lipinski definition) is 3. The van der Waals surface area contributed by atoms with E-state index in [0.717, 1.165) is 6.07 Å². The Morgan fingerprint density at radius 3 is 2.42 bits per heavy atom. The molecule has 3 N–H and O–H groups in total. The van der Waals surface area contributed by atoms with Gasteiger partial charge in [-0.2, -0.15) is 0 Å². The van der Waals surface area contributed by atoms with E-state index in [1.807, 2.05) is 0 Å². The number of hydrogen-bond donors (Lipinski definition) is 2. The molecular weight excluding hydrogens is 250 g/mol. The van der Waals surface area contributed by atoms with E-state index < -0.39 is 5.82 Å². The minimum absolute atomic E-state index is 0.0245. The van der Waals surface area contributed by atoms with E-state index in [1.165, 1.54) is 36.4 Å². The van der Waals surface area contributed by atoms with Crippen LogP contribution < -0.4 is 11.1 Å². The summed E-state index contributed by atoms with van der Waals surface area (Å²) >= 11 is 0. The predicted molar refractivity (Wildman–Crippen MR) is 70.0 cm³/mol. The van der Waals surface area contributed by atoms with Crippen molar-refractivity contribution in [1.82, 2.24) is 0 Å². The zero-order valence-corrected chi connectivity index (χ0v) is 9.99. The van der Waals surface area contributed by atoms with Gasteiger partial charge in [0.15, 0.2) is 5.78 Å². The standard InChI is InChI=1S/C14H12F2N2O/c15-10-2-4-11(5-3-10)18-8-14(19)9-1-6-12(16)13(17)7-9/h1-7,18H,8,17H2. The maximum Gasteiger partial charge on any atom is 0.181 e. The summed E-state index contributed by atoms with van der Waals surface area (Å²) in [7, 11) is 0. The first-order valence-corrected chi connectivity index (χ1v) is 5.64. The van der Waals surface area contributed by atoms with Crippen molar-refractivity contribution in [3.05, 3.63) is 59.7 Å². The Kier molecular flexibility index (Phi) is 3.75. The third-order valence-electron chi connectivity index (χ3n) is 2.62. The molecule has 0 fully saturated rings. The number of nitrogen functional groups attached to an aromatic ring is 1. The number of carbonyl (C=O) groups excluding carboxylic acids is 1. The molecule has 0 aliphatic heterocycles. The summed E-state index contributed by atoms with van der Waals surface area (Å²) in [6, 6.07) is 9.47. The predicted octanol–water partition coefficient (Wildman–Crippen LogP) is 2.84. The molecule has 0 spiro atoms. The lowest BCUT2D eigenvalue weighted by molar-refractivity contribution is 0.101. The van der Waals surface area contributed by atoms with Crippen LogP contribution in [0.25, 0.3) is 0 Å². The summed E-state index contributed by atoms with van der Waals surface area (Å²) in [4.78, 5) is 11.8. The molecule has 0 aromatic heterocycles. The molecule has 2 aromatic carbocycles. The van der Waals surface area contributed by atoms with Gasteiger partial charge in [-0.25, -0.2) is 8.78 Å². The van der Waals surface area contributed by atoms with E-state index in [-0.39, 0.29) is 23.8 Å². The van der Waals surface area contributed by atoms with Gasteiger partial charge in [0.05, 0.1) is 12.2 Å². The van der Waals surface area contributed by atoms with E-state index in [9.17, 15) is 13.6 Å². The highest BCUT2D eigenvalue weighted by Crippen LogP contribution is 2.13. The van der Waals surface area contributed by atoms with Crippen LogP contribution in [0.15, 0.2) is 42.5 Å². The quantitative estimate of drug-likeness (QED) is 0.658. The van der Waals surface area contributed by atoms with Gasteiger partial charge in [-0.05, 0) is 42.5 Å². The van der Waals surface area contributed by atoms with Crippen molar-refractivity contribution in [2.24, 2.45) is 0 Å². The highest BCUT2D eigenvalue weighted by molar-refractivity contribution is 5.99. The highest BCUT2D eigenvalue weighted by atomic mass is 19.1. The molecule has 0 saturated heterocycles. The molecule has 3 nitrogen and oxygen atoms in total. The number of ketones is 1. The van der Waals surface area contributed by atoms with Crippen molar-refractivity contribution in [2.75, 3.05) is 17.6 Å². The van der Waals surface area contributed by atoms with Gasteiger partial charge in [0, 0.05) is 11.3 Å². The third-order valence-corrected chi connectivity index (χ3v) is 2.62. The van der Waals surface area contributed by atoms with Gasteiger partial charge < -0.3 is 11.1 Å². The molecule has 0 heterocycles. The van der Waals surface area contributed by atoms with Gasteiger partial charge >= 0.3 is 0 Å². The molecule has 5 heteroatoms. The first-order chi connectivity index (χ1) is 9.06. The summed E-state index contributed by atoms with van der Waals surface area (Å²) in [6.45, 7) is 0.0245. The van der Waals surface area contributed by atoms with Crippen molar-refractivity contribution in [3.8, 4) is 0 Å². The number of Topliss-reactive ketones (excluding diaryl/α,β-unsaturated/α-hetero) is 1. The van der Waals surface area contributed by atoms with Crippen LogP contribution in [0.4, 0.5) is 20.2 Å². The van der Waals surface area contributed by atoms with Gasteiger partial charge in [-0.15, -0.1) is 0 Å². The Morgan fingerprint density at radius 1 is 1.11 bits per heavy atom. The molecular formula is C14H12F2N2O. The van der Waals surface area contributed by atoms with E-state index in [2.05, 4.69) is 5.32 Å². The molecule has 0 atom stereocenters. The summed E-state index contributed by atoms with van der Waals surface area (Å²) in [5.41, 5.74) is 6.29. The summed E-state index contributed by atoms with van der Waals surface area (Å²) in [5, 5.41) is 2.85. The lowest BCUT2D eigenvalue weighted by Crippen LogP contribution is -2.14. The SMILES string of the molecule is Nc1cc(C(=O)CNc2ccc(F)cc2)ccc1F. The number of benzene rings is 2. The molecule has 2 rings (SSSR count). The minimum atomic E-state index is -0.553. The topological polar surface area (TPSA) is 55.1 Å². The van der Waals surface area contributed by atoms with Crippen LogP contribution in [-0.4, -0.2) is 12.3 Å². The van der Waals surface area contributed by atoms with Gasteiger partial charge in [0.2, 0.25) is 0 Å². The molecule has 19 heavy (non-hydrogen) atoms. The average Bonchev–Trinajstić information content (AvgIpc) is 2.41. The molecule has 98 valence electrons. The van der Waals surface area contributed by atoms with Gasteiger partial charge in [-0.1, -0.05) is 0 Å². The van der Waals surface area contributed by atoms with Crippen molar-refractivity contribution >= 4 is 17.2 Å². The second kappa shape index (κ2) is 5.48. The first-order valence-electron chi connectivity index (χ1n) is 5.64. The number of anilines is 2. The van der Waals surface area contributed by atoms with Gasteiger partial charge in [-0.3, -0.25) is 4.79 Å². The molecule has 0 radical (unpaired) electrons. The smallest absolute Gasteiger partial charge is 0.181 e. The Morgan fingerprint density at radius 2 is 1.79 bits per heavy atom.